The van der Waals surface area contributed by atoms with Crippen LogP contribution >= 0.6 is 0 Å². The molecule has 0 spiro atoms. The van der Waals surface area contributed by atoms with Gasteiger partial charge in [-0.05, 0) is 59.2 Å². The molecule has 124 valence electrons. The van der Waals surface area contributed by atoms with Gasteiger partial charge in [0.25, 0.3) is 0 Å². The Morgan fingerprint density at radius 3 is 2.12 bits per heavy atom. The first-order chi connectivity index (χ1) is 11.5. The molecule has 0 saturated carbocycles. The molecular formula is C18H16NNaO4S. The van der Waals surface area contributed by atoms with E-state index in [0.29, 0.717) is 11.8 Å². The van der Waals surface area contributed by atoms with Gasteiger partial charge in [0.1, 0.15) is 10.1 Å². The van der Waals surface area contributed by atoms with Crippen LogP contribution < -0.4 is 34.9 Å². The van der Waals surface area contributed by atoms with Gasteiger partial charge in [-0.25, -0.2) is 8.42 Å². The standard InChI is InChI=1S/C18H17NO4S.Na/c20-10-9-13-1-5-16(6-2-13)19-17-7-3-15-12-18(24(21,22)23)8-4-14(15)11-17;/h1-8,11-12,19-20H,9-10H2,(H,21,22,23);/q;+1/p-1. The molecule has 0 unspecified atom stereocenters. The molecule has 7 heteroatoms. The van der Waals surface area contributed by atoms with E-state index < -0.39 is 10.1 Å². The van der Waals surface area contributed by atoms with Crippen molar-refractivity contribution in [1.29, 1.82) is 0 Å². The fourth-order valence-electron chi connectivity index (χ4n) is 2.51. The molecule has 0 atom stereocenters. The Labute approximate surface area is 168 Å². The molecule has 0 aliphatic heterocycles. The SMILES string of the molecule is O=S(=O)([O-])c1ccc2cc(Nc3ccc(CCO)cc3)ccc2c1.[Na+]. The van der Waals surface area contributed by atoms with Gasteiger partial charge in [-0.2, -0.15) is 0 Å². The number of benzene rings is 3. The molecule has 0 aliphatic rings. The molecule has 0 heterocycles. The largest absolute Gasteiger partial charge is 1.00 e. The summed E-state index contributed by atoms with van der Waals surface area (Å²) < 4.78 is 33.2. The Morgan fingerprint density at radius 2 is 1.48 bits per heavy atom. The summed E-state index contributed by atoms with van der Waals surface area (Å²) in [4.78, 5) is -0.227. The van der Waals surface area contributed by atoms with Crippen LogP contribution in [-0.4, -0.2) is 24.7 Å². The van der Waals surface area contributed by atoms with Crippen molar-refractivity contribution in [2.24, 2.45) is 0 Å². The number of aliphatic hydroxyl groups is 1. The number of hydrogen-bond donors (Lipinski definition) is 2. The second-order valence-corrected chi connectivity index (χ2v) is 6.85. The number of fused-ring (bicyclic) bond motifs is 1. The topological polar surface area (TPSA) is 89.5 Å². The van der Waals surface area contributed by atoms with Gasteiger partial charge in [-0.1, -0.05) is 24.3 Å². The second-order valence-electron chi connectivity index (χ2n) is 5.47. The van der Waals surface area contributed by atoms with Crippen molar-refractivity contribution in [2.45, 2.75) is 11.3 Å². The number of rotatable bonds is 5. The molecule has 3 aromatic carbocycles. The average molecular weight is 365 g/mol. The average Bonchev–Trinajstić information content (AvgIpc) is 2.55. The van der Waals surface area contributed by atoms with Gasteiger partial charge in [0.15, 0.2) is 0 Å². The van der Waals surface area contributed by atoms with Crippen LogP contribution in [0.1, 0.15) is 5.56 Å². The van der Waals surface area contributed by atoms with E-state index in [2.05, 4.69) is 5.32 Å². The van der Waals surface area contributed by atoms with Gasteiger partial charge in [0.2, 0.25) is 0 Å². The molecule has 0 aromatic heterocycles. The second kappa shape index (κ2) is 8.31. The van der Waals surface area contributed by atoms with E-state index >= 15 is 0 Å². The Hall–Kier alpha value is -1.41. The van der Waals surface area contributed by atoms with Crippen LogP contribution in [0.2, 0.25) is 0 Å². The minimum atomic E-state index is -4.45. The molecule has 0 fully saturated rings. The summed E-state index contributed by atoms with van der Waals surface area (Å²) in [6.07, 6.45) is 0.626. The summed E-state index contributed by atoms with van der Waals surface area (Å²) in [6.45, 7) is 0.124. The van der Waals surface area contributed by atoms with Gasteiger partial charge >= 0.3 is 29.6 Å². The number of aliphatic hydroxyl groups excluding tert-OH is 1. The predicted molar refractivity (Wildman–Crippen MR) is 92.4 cm³/mol. The van der Waals surface area contributed by atoms with E-state index in [0.717, 1.165) is 22.3 Å². The summed E-state index contributed by atoms with van der Waals surface area (Å²) in [5.41, 5.74) is 2.83. The Bertz CT molecular complexity index is 972. The van der Waals surface area contributed by atoms with Crippen molar-refractivity contribution < 1.29 is 47.6 Å². The number of nitrogens with one attached hydrogen (secondary N) is 1. The smallest absolute Gasteiger partial charge is 0.744 e. The van der Waals surface area contributed by atoms with Crippen molar-refractivity contribution >= 4 is 32.3 Å². The first-order valence-electron chi connectivity index (χ1n) is 7.42. The zero-order chi connectivity index (χ0) is 17.2. The van der Waals surface area contributed by atoms with Crippen LogP contribution in [0.5, 0.6) is 0 Å². The summed E-state index contributed by atoms with van der Waals surface area (Å²) in [5.74, 6) is 0. The van der Waals surface area contributed by atoms with E-state index in [1.54, 1.807) is 12.1 Å². The molecule has 0 radical (unpaired) electrons. The summed E-state index contributed by atoms with van der Waals surface area (Å²) >= 11 is 0. The third-order valence-corrected chi connectivity index (χ3v) is 4.57. The van der Waals surface area contributed by atoms with Crippen LogP contribution in [0.25, 0.3) is 10.8 Å². The summed E-state index contributed by atoms with van der Waals surface area (Å²) in [7, 11) is -4.45. The summed E-state index contributed by atoms with van der Waals surface area (Å²) in [5, 5.41) is 13.7. The van der Waals surface area contributed by atoms with Gasteiger partial charge in [-0.3, -0.25) is 0 Å². The molecule has 3 aromatic rings. The molecule has 0 bridgehead atoms. The number of hydrogen-bond acceptors (Lipinski definition) is 5. The molecule has 0 saturated heterocycles. The molecule has 2 N–H and O–H groups in total. The van der Waals surface area contributed by atoms with Crippen molar-refractivity contribution in [3.05, 3.63) is 66.2 Å². The fourth-order valence-corrected chi connectivity index (χ4v) is 3.01. The molecule has 3 rings (SSSR count). The van der Waals surface area contributed by atoms with Gasteiger partial charge in [0, 0.05) is 18.0 Å². The van der Waals surface area contributed by atoms with Crippen LogP contribution in [0.15, 0.2) is 65.6 Å². The van der Waals surface area contributed by atoms with Crippen molar-refractivity contribution in [1.82, 2.24) is 0 Å². The van der Waals surface area contributed by atoms with Gasteiger partial charge < -0.3 is 15.0 Å². The first-order valence-corrected chi connectivity index (χ1v) is 8.83. The number of anilines is 2. The van der Waals surface area contributed by atoms with Crippen LogP contribution in [0.3, 0.4) is 0 Å². The van der Waals surface area contributed by atoms with E-state index in [1.807, 2.05) is 36.4 Å². The zero-order valence-corrected chi connectivity index (χ0v) is 16.6. The van der Waals surface area contributed by atoms with Crippen LogP contribution in [0.4, 0.5) is 11.4 Å². The quantitative estimate of drug-likeness (QED) is 0.492. The van der Waals surface area contributed by atoms with E-state index in [9.17, 15) is 13.0 Å². The Kier molecular flexibility index (Phi) is 6.62. The molecule has 0 aliphatic carbocycles. The third-order valence-electron chi connectivity index (χ3n) is 3.74. The van der Waals surface area contributed by atoms with Crippen LogP contribution in [-0.2, 0) is 16.5 Å². The minimum absolute atomic E-state index is 0. The van der Waals surface area contributed by atoms with Crippen molar-refractivity contribution in [3.63, 3.8) is 0 Å². The zero-order valence-electron chi connectivity index (χ0n) is 13.8. The van der Waals surface area contributed by atoms with Crippen molar-refractivity contribution in [3.8, 4) is 0 Å². The van der Waals surface area contributed by atoms with Gasteiger partial charge in [-0.15, -0.1) is 0 Å². The van der Waals surface area contributed by atoms with E-state index in [-0.39, 0.29) is 41.1 Å². The summed E-state index contributed by atoms with van der Waals surface area (Å²) in [6, 6.07) is 17.6. The monoisotopic (exact) mass is 365 g/mol. The Morgan fingerprint density at radius 1 is 0.880 bits per heavy atom. The van der Waals surface area contributed by atoms with E-state index in [4.69, 9.17) is 5.11 Å². The molecule has 0 amide bonds. The maximum absolute atomic E-state index is 11.1. The maximum atomic E-state index is 11.1. The van der Waals surface area contributed by atoms with Crippen molar-refractivity contribution in [2.75, 3.05) is 11.9 Å². The fraction of sp³-hybridized carbons (Fsp3) is 0.111. The molecular weight excluding hydrogens is 349 g/mol. The van der Waals surface area contributed by atoms with E-state index in [1.165, 1.54) is 12.1 Å². The third kappa shape index (κ3) is 5.04. The minimum Gasteiger partial charge on any atom is -0.744 e. The normalized spacial score (nSPS) is 11.1. The molecule has 5 nitrogen and oxygen atoms in total. The van der Waals surface area contributed by atoms with Crippen LogP contribution in [0, 0.1) is 0 Å². The predicted octanol–water partition coefficient (Wildman–Crippen LogP) is 0.0263. The Balaban J connectivity index is 0.00000225. The molecule has 25 heavy (non-hydrogen) atoms. The maximum Gasteiger partial charge on any atom is 1.00 e. The first kappa shape index (κ1) is 19.9. The van der Waals surface area contributed by atoms with Gasteiger partial charge in [0.05, 0.1) is 4.90 Å².